The van der Waals surface area contributed by atoms with Crippen LogP contribution in [0.5, 0.6) is 5.75 Å². The quantitative estimate of drug-likeness (QED) is 0.332. The first-order chi connectivity index (χ1) is 16.8. The maximum Gasteiger partial charge on any atom is 0.196 e. The predicted octanol–water partition coefficient (Wildman–Crippen LogP) is 6.81. The molecular weight excluding hydrogens is 418 g/mol. The highest BCUT2D eigenvalue weighted by atomic mass is 16.5. The van der Waals surface area contributed by atoms with Crippen molar-refractivity contribution in [1.82, 2.24) is 15.0 Å². The fourth-order valence-electron chi connectivity index (χ4n) is 5.51. The Kier molecular flexibility index (Phi) is 4.29. The molecule has 2 aliphatic rings. The van der Waals surface area contributed by atoms with Crippen LogP contribution in [0.1, 0.15) is 35.9 Å². The van der Waals surface area contributed by atoms with Crippen LogP contribution in [0, 0.1) is 0 Å². The summed E-state index contributed by atoms with van der Waals surface area (Å²) in [5, 5.41) is 4.79. The van der Waals surface area contributed by atoms with Gasteiger partial charge in [0.25, 0.3) is 0 Å². The zero-order valence-corrected chi connectivity index (χ0v) is 19.0. The fourth-order valence-corrected chi connectivity index (χ4v) is 5.51. The fraction of sp³-hybridized carbons (Fsp3) is 0.133. The van der Waals surface area contributed by atoms with Crippen molar-refractivity contribution in [2.24, 2.45) is 0 Å². The number of benzene rings is 4. The normalized spacial score (nSPS) is 19.4. The monoisotopic (exact) mass is 443 g/mol. The minimum atomic E-state index is -0.245. The Hall–Kier alpha value is -4.02. The number of rotatable bonds is 3. The molecule has 1 aromatic heterocycles. The van der Waals surface area contributed by atoms with Gasteiger partial charge in [0.15, 0.2) is 6.23 Å². The number of hydrogen-bond donors (Lipinski definition) is 1. The summed E-state index contributed by atoms with van der Waals surface area (Å²) < 4.78 is 9.02. The van der Waals surface area contributed by atoms with Crippen LogP contribution in [0.15, 0.2) is 103 Å². The summed E-state index contributed by atoms with van der Waals surface area (Å²) in [6.45, 7) is 3.15. The van der Waals surface area contributed by atoms with Gasteiger partial charge in [-0.25, -0.2) is 0 Å². The number of para-hydroxylation sites is 2. The van der Waals surface area contributed by atoms with E-state index in [9.17, 15) is 0 Å². The molecule has 0 bridgehead atoms. The topological polar surface area (TPSA) is 29.4 Å². The Balaban J connectivity index is 1.37. The van der Waals surface area contributed by atoms with Gasteiger partial charge < -0.3 is 14.7 Å². The standard InChI is InChI=1S/C30H25N3O/c1-2-32-26-14-8-6-12-22(26)24-18-21(16-17-27(24)32)30-33-28(23-13-7-9-15-29(23)34-30)19-25(31-33)20-10-4-3-5-11-20/h3-19,28,30-31H,2H2,1H3/t28-,30+/m1/s1. The number of aromatic nitrogens is 1. The highest BCUT2D eigenvalue weighted by Gasteiger charge is 2.40. The molecule has 7 rings (SSSR count). The lowest BCUT2D eigenvalue weighted by atomic mass is 10.00. The number of nitrogens with one attached hydrogen (secondary N) is 1. The van der Waals surface area contributed by atoms with E-state index >= 15 is 0 Å². The average molecular weight is 444 g/mol. The lowest BCUT2D eigenvalue weighted by Gasteiger charge is -2.39. The molecule has 0 radical (unpaired) electrons. The van der Waals surface area contributed by atoms with Gasteiger partial charge in [-0.05, 0) is 42.8 Å². The molecule has 0 saturated heterocycles. The molecule has 5 aromatic rings. The highest BCUT2D eigenvalue weighted by Crippen LogP contribution is 2.46. The van der Waals surface area contributed by atoms with Crippen molar-refractivity contribution < 1.29 is 4.74 Å². The van der Waals surface area contributed by atoms with Crippen LogP contribution in [-0.4, -0.2) is 9.58 Å². The van der Waals surface area contributed by atoms with Crippen LogP contribution in [0.4, 0.5) is 0 Å². The van der Waals surface area contributed by atoms with Crippen LogP contribution in [0.3, 0.4) is 0 Å². The second-order valence-corrected chi connectivity index (χ2v) is 8.96. The third kappa shape index (κ3) is 2.82. The summed E-state index contributed by atoms with van der Waals surface area (Å²) in [7, 11) is 0. The van der Waals surface area contributed by atoms with Crippen LogP contribution in [0.2, 0.25) is 0 Å². The minimum absolute atomic E-state index is 0.0952. The first-order valence-corrected chi connectivity index (χ1v) is 11.9. The number of ether oxygens (including phenoxy) is 1. The number of nitrogens with zero attached hydrogens (tertiary/aromatic N) is 2. The largest absolute Gasteiger partial charge is 0.469 e. The van der Waals surface area contributed by atoms with Crippen molar-refractivity contribution in [2.45, 2.75) is 25.7 Å². The van der Waals surface area contributed by atoms with E-state index in [-0.39, 0.29) is 12.3 Å². The molecule has 1 N–H and O–H groups in total. The Bertz CT molecular complexity index is 1570. The number of fused-ring (bicyclic) bond motifs is 6. The molecule has 0 spiro atoms. The van der Waals surface area contributed by atoms with Crippen LogP contribution in [-0.2, 0) is 6.54 Å². The average Bonchev–Trinajstić information content (AvgIpc) is 3.48. The molecule has 34 heavy (non-hydrogen) atoms. The third-order valence-electron chi connectivity index (χ3n) is 7.09. The Morgan fingerprint density at radius 3 is 2.44 bits per heavy atom. The summed E-state index contributed by atoms with van der Waals surface area (Å²) in [4.78, 5) is 0. The zero-order chi connectivity index (χ0) is 22.6. The molecule has 0 fully saturated rings. The van der Waals surface area contributed by atoms with Crippen LogP contribution >= 0.6 is 0 Å². The van der Waals surface area contributed by atoms with Crippen molar-refractivity contribution in [2.75, 3.05) is 0 Å². The third-order valence-corrected chi connectivity index (χ3v) is 7.09. The van der Waals surface area contributed by atoms with Gasteiger partial charge in [0.2, 0.25) is 0 Å². The smallest absolute Gasteiger partial charge is 0.196 e. The SMILES string of the molecule is CCn1c2ccccc2c2cc([C@@H]3Oc4ccccc4[C@H]4C=C(c5ccccc5)NN43)ccc21. The molecule has 2 atom stereocenters. The lowest BCUT2D eigenvalue weighted by Crippen LogP contribution is -2.43. The summed E-state index contributed by atoms with van der Waals surface area (Å²) in [6.07, 6.45) is 2.07. The molecule has 4 heteroatoms. The Labute approximate surface area is 198 Å². The minimum Gasteiger partial charge on any atom is -0.469 e. The van der Waals surface area contributed by atoms with Crippen molar-refractivity contribution in [3.8, 4) is 5.75 Å². The second kappa shape index (κ2) is 7.51. The Morgan fingerprint density at radius 1 is 0.794 bits per heavy atom. The molecular formula is C30H25N3O. The van der Waals surface area contributed by atoms with Crippen LogP contribution in [0.25, 0.3) is 27.5 Å². The van der Waals surface area contributed by atoms with E-state index in [1.54, 1.807) is 0 Å². The van der Waals surface area contributed by atoms with E-state index in [0.717, 1.165) is 23.6 Å². The number of hydrogen-bond acceptors (Lipinski definition) is 3. The van der Waals surface area contributed by atoms with Crippen molar-refractivity contribution in [3.63, 3.8) is 0 Å². The van der Waals surface area contributed by atoms with Crippen molar-refractivity contribution in [1.29, 1.82) is 0 Å². The molecule has 166 valence electrons. The van der Waals surface area contributed by atoms with Gasteiger partial charge in [0.1, 0.15) is 5.75 Å². The van der Waals surface area contributed by atoms with Gasteiger partial charge in [-0.3, -0.25) is 0 Å². The van der Waals surface area contributed by atoms with E-state index in [0.29, 0.717) is 0 Å². The lowest BCUT2D eigenvalue weighted by molar-refractivity contribution is -0.0325. The molecule has 4 nitrogen and oxygen atoms in total. The van der Waals surface area contributed by atoms with E-state index in [4.69, 9.17) is 4.74 Å². The molecule has 0 amide bonds. The summed E-state index contributed by atoms with van der Waals surface area (Å²) in [5.41, 5.74) is 10.8. The van der Waals surface area contributed by atoms with Crippen molar-refractivity contribution >= 4 is 27.5 Å². The summed E-state index contributed by atoms with van der Waals surface area (Å²) in [5.74, 6) is 0.942. The molecule has 0 unspecified atom stereocenters. The molecule has 2 aliphatic heterocycles. The number of aryl methyl sites for hydroxylation is 1. The summed E-state index contributed by atoms with van der Waals surface area (Å²) in [6, 6.07) is 34.4. The van der Waals surface area contributed by atoms with Gasteiger partial charge in [-0.1, -0.05) is 72.8 Å². The molecule has 0 saturated carbocycles. The number of hydrazine groups is 1. The molecule has 3 heterocycles. The molecule has 0 aliphatic carbocycles. The van der Waals surface area contributed by atoms with E-state index < -0.39 is 0 Å². The van der Waals surface area contributed by atoms with Gasteiger partial charge in [-0.2, -0.15) is 5.01 Å². The predicted molar refractivity (Wildman–Crippen MR) is 137 cm³/mol. The highest BCUT2D eigenvalue weighted by molar-refractivity contribution is 6.08. The zero-order valence-electron chi connectivity index (χ0n) is 19.0. The van der Waals surface area contributed by atoms with E-state index in [1.807, 2.05) is 6.07 Å². The van der Waals surface area contributed by atoms with Gasteiger partial charge in [0, 0.05) is 39.5 Å². The van der Waals surface area contributed by atoms with Gasteiger partial charge >= 0.3 is 0 Å². The van der Waals surface area contributed by atoms with Gasteiger partial charge in [0.05, 0.1) is 11.7 Å². The first kappa shape index (κ1) is 19.4. The van der Waals surface area contributed by atoms with Crippen LogP contribution < -0.4 is 10.2 Å². The van der Waals surface area contributed by atoms with E-state index in [1.165, 1.54) is 32.9 Å². The Morgan fingerprint density at radius 2 is 1.56 bits per heavy atom. The maximum atomic E-state index is 6.63. The maximum absolute atomic E-state index is 6.63. The second-order valence-electron chi connectivity index (χ2n) is 8.96. The van der Waals surface area contributed by atoms with E-state index in [2.05, 4.69) is 119 Å². The van der Waals surface area contributed by atoms with Gasteiger partial charge in [-0.15, -0.1) is 0 Å². The molecule has 4 aromatic carbocycles. The first-order valence-electron chi connectivity index (χ1n) is 11.9. The van der Waals surface area contributed by atoms with Crippen molar-refractivity contribution in [3.05, 3.63) is 120 Å². The summed E-state index contributed by atoms with van der Waals surface area (Å²) >= 11 is 0.